The molecule has 0 aliphatic carbocycles. The number of benzene rings is 2. The van der Waals surface area contributed by atoms with Gasteiger partial charge in [-0.25, -0.2) is 0 Å². The first-order valence-electron chi connectivity index (χ1n) is 8.85. The van der Waals surface area contributed by atoms with Gasteiger partial charge in [-0.05, 0) is 42.5 Å². The molecule has 2 aliphatic rings. The predicted octanol–water partition coefficient (Wildman–Crippen LogP) is 5.09. The molecule has 1 heteroatoms. The zero-order chi connectivity index (χ0) is 15.7. The average Bonchev–Trinajstić information content (AvgIpc) is 2.63. The molecule has 2 heterocycles. The van der Waals surface area contributed by atoms with E-state index in [2.05, 4.69) is 72.2 Å². The lowest BCUT2D eigenvalue weighted by Crippen LogP contribution is -2.50. The molecule has 4 rings (SSSR count). The lowest BCUT2D eigenvalue weighted by Gasteiger charge is -2.50. The summed E-state index contributed by atoms with van der Waals surface area (Å²) in [5.74, 6) is 0. The zero-order valence-corrected chi connectivity index (χ0v) is 13.7. The van der Waals surface area contributed by atoms with Gasteiger partial charge in [0.05, 0.1) is 0 Å². The van der Waals surface area contributed by atoms with Crippen molar-refractivity contribution < 1.29 is 0 Å². The van der Waals surface area contributed by atoms with E-state index in [4.69, 9.17) is 0 Å². The van der Waals surface area contributed by atoms with Crippen LogP contribution in [0.4, 0.5) is 0 Å². The van der Waals surface area contributed by atoms with Crippen LogP contribution in [0.25, 0.3) is 0 Å². The van der Waals surface area contributed by atoms with Gasteiger partial charge < -0.3 is 0 Å². The Balaban J connectivity index is 1.92. The molecule has 0 amide bonds. The summed E-state index contributed by atoms with van der Waals surface area (Å²) < 4.78 is 0. The molecule has 0 N–H and O–H groups in total. The Morgan fingerprint density at radius 3 is 2.65 bits per heavy atom. The van der Waals surface area contributed by atoms with Crippen molar-refractivity contribution in [1.82, 2.24) is 4.90 Å². The molecule has 1 fully saturated rings. The zero-order valence-electron chi connectivity index (χ0n) is 13.7. The quantitative estimate of drug-likeness (QED) is 0.714. The number of fused-ring (bicyclic) bond motifs is 3. The predicted molar refractivity (Wildman–Crippen MR) is 96.6 cm³/mol. The highest BCUT2D eigenvalue weighted by atomic mass is 15.2. The third kappa shape index (κ3) is 2.35. The molecule has 2 aliphatic heterocycles. The molecule has 0 bridgehead atoms. The fraction of sp³-hybridized carbons (Fsp3) is 0.364. The van der Waals surface area contributed by atoms with Crippen LogP contribution in [0.5, 0.6) is 0 Å². The van der Waals surface area contributed by atoms with Gasteiger partial charge >= 0.3 is 0 Å². The Hall–Kier alpha value is -1.86. The van der Waals surface area contributed by atoms with Crippen molar-refractivity contribution in [2.45, 2.75) is 37.1 Å². The van der Waals surface area contributed by atoms with Gasteiger partial charge in [0.2, 0.25) is 0 Å². The summed E-state index contributed by atoms with van der Waals surface area (Å²) in [6, 6.07) is 20.8. The lowest BCUT2D eigenvalue weighted by molar-refractivity contribution is 0.104. The Morgan fingerprint density at radius 1 is 1.04 bits per heavy atom. The second kappa shape index (κ2) is 5.98. The van der Waals surface area contributed by atoms with Crippen LogP contribution in [0.3, 0.4) is 0 Å². The van der Waals surface area contributed by atoms with Crippen LogP contribution in [0, 0.1) is 0 Å². The molecule has 2 aromatic rings. The summed E-state index contributed by atoms with van der Waals surface area (Å²) in [5.41, 5.74) is 4.54. The number of rotatable bonds is 3. The van der Waals surface area contributed by atoms with Gasteiger partial charge in [0.25, 0.3) is 0 Å². The molecule has 0 aromatic heterocycles. The summed E-state index contributed by atoms with van der Waals surface area (Å²) >= 11 is 0. The third-order valence-electron chi connectivity index (χ3n) is 5.74. The van der Waals surface area contributed by atoms with Crippen LogP contribution < -0.4 is 0 Å². The van der Waals surface area contributed by atoms with E-state index < -0.39 is 0 Å². The van der Waals surface area contributed by atoms with Crippen LogP contribution in [0.2, 0.25) is 0 Å². The average molecular weight is 303 g/mol. The highest BCUT2D eigenvalue weighted by molar-refractivity contribution is 5.48. The molecule has 0 spiro atoms. The first kappa shape index (κ1) is 14.7. The molecule has 0 unspecified atom stereocenters. The summed E-state index contributed by atoms with van der Waals surface area (Å²) in [6.07, 6.45) is 7.09. The summed E-state index contributed by atoms with van der Waals surface area (Å²) in [4.78, 5) is 2.72. The number of hydrogen-bond donors (Lipinski definition) is 0. The first-order valence-corrected chi connectivity index (χ1v) is 8.85. The number of nitrogens with zero attached hydrogens (tertiary/aromatic N) is 1. The normalized spacial score (nSPS) is 27.0. The van der Waals surface area contributed by atoms with E-state index in [0.29, 0.717) is 6.04 Å². The standard InChI is InChI=1S/C22H25N/c1-2-15-22(18-10-4-3-5-11-18)17-23-16-9-8-14-21(23)19-12-6-7-13-20(19)22/h2-7,10-13,21H,1,8-9,14-17H2/t21-,22+/m0/s1. The van der Waals surface area contributed by atoms with Crippen LogP contribution in [0.15, 0.2) is 67.3 Å². The van der Waals surface area contributed by atoms with Crippen LogP contribution in [-0.2, 0) is 5.41 Å². The van der Waals surface area contributed by atoms with Gasteiger partial charge in [0.15, 0.2) is 0 Å². The SMILES string of the molecule is C=CC[C@]1(c2ccccc2)CN2CCCC[C@H]2c2ccccc21. The van der Waals surface area contributed by atoms with Crippen molar-refractivity contribution in [2.75, 3.05) is 13.1 Å². The topological polar surface area (TPSA) is 3.24 Å². The monoisotopic (exact) mass is 303 g/mol. The molecule has 2 aromatic carbocycles. The van der Waals surface area contributed by atoms with E-state index in [1.807, 2.05) is 0 Å². The smallest absolute Gasteiger partial charge is 0.0367 e. The molecule has 1 saturated heterocycles. The van der Waals surface area contributed by atoms with Crippen molar-refractivity contribution in [3.05, 3.63) is 83.9 Å². The van der Waals surface area contributed by atoms with Crippen molar-refractivity contribution >= 4 is 0 Å². The Kier molecular flexibility index (Phi) is 3.82. The molecule has 23 heavy (non-hydrogen) atoms. The Bertz CT molecular complexity index is 690. The number of allylic oxidation sites excluding steroid dienone is 1. The summed E-state index contributed by atoms with van der Waals surface area (Å²) in [5, 5.41) is 0. The maximum Gasteiger partial charge on any atom is 0.0367 e. The summed E-state index contributed by atoms with van der Waals surface area (Å²) in [7, 11) is 0. The second-order valence-electron chi connectivity index (χ2n) is 7.01. The van der Waals surface area contributed by atoms with Crippen molar-refractivity contribution in [3.8, 4) is 0 Å². The van der Waals surface area contributed by atoms with Crippen LogP contribution in [-0.4, -0.2) is 18.0 Å². The number of piperidine rings is 1. The Labute approximate surface area is 139 Å². The van der Waals surface area contributed by atoms with Crippen LogP contribution >= 0.6 is 0 Å². The van der Waals surface area contributed by atoms with Crippen LogP contribution in [0.1, 0.15) is 48.4 Å². The van der Waals surface area contributed by atoms with Crippen molar-refractivity contribution in [2.24, 2.45) is 0 Å². The van der Waals surface area contributed by atoms with E-state index in [1.165, 1.54) is 36.9 Å². The maximum atomic E-state index is 4.08. The molecule has 0 saturated carbocycles. The minimum Gasteiger partial charge on any atom is -0.295 e. The lowest BCUT2D eigenvalue weighted by atomic mass is 9.66. The van der Waals surface area contributed by atoms with Gasteiger partial charge in [0.1, 0.15) is 0 Å². The molecule has 118 valence electrons. The fourth-order valence-electron chi connectivity index (χ4n) is 4.73. The van der Waals surface area contributed by atoms with E-state index in [0.717, 1.165) is 13.0 Å². The largest absolute Gasteiger partial charge is 0.295 e. The van der Waals surface area contributed by atoms with E-state index in [1.54, 1.807) is 5.56 Å². The molecular formula is C22H25N. The van der Waals surface area contributed by atoms with Gasteiger partial charge in [0, 0.05) is 18.0 Å². The highest BCUT2D eigenvalue weighted by Crippen LogP contribution is 2.48. The second-order valence-corrected chi connectivity index (χ2v) is 7.01. The molecule has 2 atom stereocenters. The third-order valence-corrected chi connectivity index (χ3v) is 5.74. The molecular weight excluding hydrogens is 278 g/mol. The molecule has 1 nitrogen and oxygen atoms in total. The maximum absolute atomic E-state index is 4.08. The fourth-order valence-corrected chi connectivity index (χ4v) is 4.73. The minimum atomic E-state index is 0.0491. The van der Waals surface area contributed by atoms with Gasteiger partial charge in [-0.15, -0.1) is 6.58 Å². The van der Waals surface area contributed by atoms with Gasteiger partial charge in [-0.3, -0.25) is 4.90 Å². The van der Waals surface area contributed by atoms with E-state index in [-0.39, 0.29) is 5.41 Å². The minimum absolute atomic E-state index is 0.0491. The van der Waals surface area contributed by atoms with E-state index in [9.17, 15) is 0 Å². The summed E-state index contributed by atoms with van der Waals surface area (Å²) in [6.45, 7) is 6.43. The van der Waals surface area contributed by atoms with Crippen molar-refractivity contribution in [3.63, 3.8) is 0 Å². The number of hydrogen-bond acceptors (Lipinski definition) is 1. The first-order chi connectivity index (χ1) is 11.3. The van der Waals surface area contributed by atoms with E-state index >= 15 is 0 Å². The Morgan fingerprint density at radius 2 is 1.83 bits per heavy atom. The van der Waals surface area contributed by atoms with Gasteiger partial charge in [-0.1, -0.05) is 67.1 Å². The molecule has 0 radical (unpaired) electrons. The van der Waals surface area contributed by atoms with Gasteiger partial charge in [-0.2, -0.15) is 0 Å². The highest BCUT2D eigenvalue weighted by Gasteiger charge is 2.44. The van der Waals surface area contributed by atoms with Crippen molar-refractivity contribution in [1.29, 1.82) is 0 Å².